The third-order valence-corrected chi connectivity index (χ3v) is 7.86. The first kappa shape index (κ1) is 21.9. The highest BCUT2D eigenvalue weighted by Gasteiger charge is 2.44. The van der Waals surface area contributed by atoms with E-state index in [2.05, 4.69) is 23.7 Å². The first-order valence-corrected chi connectivity index (χ1v) is 11.3. The molecule has 1 saturated carbocycles. The van der Waals surface area contributed by atoms with E-state index in [9.17, 15) is 18.0 Å². The quantitative estimate of drug-likeness (QED) is 0.331. The number of amides is 2. The number of nitrogens with one attached hydrogen (secondary N) is 1. The summed E-state index contributed by atoms with van der Waals surface area (Å²) in [6.45, 7) is 2.05. The van der Waals surface area contributed by atoms with Crippen molar-refractivity contribution in [3.05, 3.63) is 23.5 Å². The zero-order valence-electron chi connectivity index (χ0n) is 16.9. The van der Waals surface area contributed by atoms with Crippen molar-refractivity contribution in [1.29, 1.82) is 0 Å². The van der Waals surface area contributed by atoms with Gasteiger partial charge in [-0.1, -0.05) is 11.8 Å². The van der Waals surface area contributed by atoms with Gasteiger partial charge in [0, 0.05) is 42.2 Å². The Morgan fingerprint density at radius 2 is 2.10 bits per heavy atom. The van der Waals surface area contributed by atoms with Gasteiger partial charge >= 0.3 is 6.03 Å². The fraction of sp³-hybridized carbons (Fsp3) is 0.500. The lowest BCUT2D eigenvalue weighted by Crippen LogP contribution is -2.50. The molecule has 0 spiro atoms. The minimum absolute atomic E-state index is 0.0329. The second kappa shape index (κ2) is 7.80. The average molecular weight is 433 g/mol. The molecule has 1 fully saturated rings. The lowest BCUT2D eigenvalue weighted by Gasteiger charge is -2.27. The van der Waals surface area contributed by atoms with Crippen LogP contribution in [0, 0.1) is 29.1 Å². The van der Waals surface area contributed by atoms with Gasteiger partial charge < -0.3 is 10.6 Å². The van der Waals surface area contributed by atoms with Crippen LogP contribution in [0.5, 0.6) is 0 Å². The van der Waals surface area contributed by atoms with E-state index >= 15 is 0 Å². The molecule has 30 heavy (non-hydrogen) atoms. The number of carbonyl (C=O) groups excluding carboxylic acids is 2. The Kier molecular flexibility index (Phi) is 5.70. The van der Waals surface area contributed by atoms with Crippen LogP contribution in [0.4, 0.5) is 4.79 Å². The molecule has 2 heterocycles. The van der Waals surface area contributed by atoms with Crippen molar-refractivity contribution in [1.82, 2.24) is 14.9 Å². The standard InChI is InChI=1S/C20H24N4O5S/c1-19(17(25)22-27,30(2,28)29)9-10-23-13-16-11-15(12-24(16)18(23)26)5-3-4-6-20(14-21)7-8-20/h11-12,27H,7-10,13-14,21H2,1-2H3,(H,22,25)/t19-/m1/s1. The van der Waals surface area contributed by atoms with Gasteiger partial charge in [-0.15, -0.1) is 0 Å². The summed E-state index contributed by atoms with van der Waals surface area (Å²) in [5.41, 5.74) is 8.38. The molecule has 0 saturated heterocycles. The highest BCUT2D eigenvalue weighted by atomic mass is 32.2. The molecule has 1 aliphatic heterocycles. The van der Waals surface area contributed by atoms with Crippen LogP contribution >= 0.6 is 0 Å². The maximum Gasteiger partial charge on any atom is 0.328 e. The largest absolute Gasteiger partial charge is 0.329 e. The smallest absolute Gasteiger partial charge is 0.328 e. The number of aromatic nitrogens is 1. The number of rotatable bonds is 6. The number of fused-ring (bicyclic) bond motifs is 1. The van der Waals surface area contributed by atoms with Crippen molar-refractivity contribution in [2.24, 2.45) is 11.1 Å². The Morgan fingerprint density at radius 3 is 2.63 bits per heavy atom. The van der Waals surface area contributed by atoms with Crippen molar-refractivity contribution < 1.29 is 23.2 Å². The summed E-state index contributed by atoms with van der Waals surface area (Å²) < 4.78 is 23.7. The predicted molar refractivity (Wildman–Crippen MR) is 109 cm³/mol. The van der Waals surface area contributed by atoms with Crippen molar-refractivity contribution in [3.8, 4) is 23.7 Å². The van der Waals surface area contributed by atoms with Gasteiger partial charge in [0.15, 0.2) is 14.6 Å². The van der Waals surface area contributed by atoms with E-state index in [1.807, 2.05) is 0 Å². The van der Waals surface area contributed by atoms with Crippen LogP contribution in [0.2, 0.25) is 0 Å². The number of carbonyl (C=O) groups is 2. The molecule has 160 valence electrons. The van der Waals surface area contributed by atoms with Gasteiger partial charge in [-0.2, -0.15) is 0 Å². The van der Waals surface area contributed by atoms with Crippen LogP contribution in [-0.2, 0) is 21.2 Å². The molecule has 1 atom stereocenters. The third kappa shape index (κ3) is 4.08. The highest BCUT2D eigenvalue weighted by Crippen LogP contribution is 2.43. The van der Waals surface area contributed by atoms with E-state index in [0.717, 1.165) is 19.1 Å². The van der Waals surface area contributed by atoms with Crippen LogP contribution in [0.15, 0.2) is 12.3 Å². The molecule has 2 amide bonds. The van der Waals surface area contributed by atoms with Crippen molar-refractivity contribution in [3.63, 3.8) is 0 Å². The van der Waals surface area contributed by atoms with Crippen LogP contribution in [0.25, 0.3) is 0 Å². The molecule has 1 aromatic rings. The predicted octanol–water partition coefficient (Wildman–Crippen LogP) is 0.0644. The average Bonchev–Trinajstić information content (AvgIpc) is 3.28. The Balaban J connectivity index is 1.66. The number of hydrogen-bond acceptors (Lipinski definition) is 6. The van der Waals surface area contributed by atoms with Gasteiger partial charge in [0.1, 0.15) is 0 Å². The number of sulfone groups is 1. The first-order chi connectivity index (χ1) is 14.0. The summed E-state index contributed by atoms with van der Waals surface area (Å²) in [4.78, 5) is 26.0. The van der Waals surface area contributed by atoms with Gasteiger partial charge in [-0.3, -0.25) is 14.6 Å². The van der Waals surface area contributed by atoms with Crippen LogP contribution in [0.1, 0.15) is 37.4 Å². The zero-order valence-corrected chi connectivity index (χ0v) is 17.7. The lowest BCUT2D eigenvalue weighted by molar-refractivity contribution is -0.131. The van der Waals surface area contributed by atoms with E-state index in [-0.39, 0.29) is 31.0 Å². The van der Waals surface area contributed by atoms with E-state index in [0.29, 0.717) is 17.8 Å². The monoisotopic (exact) mass is 432 g/mol. The molecule has 0 unspecified atom stereocenters. The second-order valence-electron chi connectivity index (χ2n) is 7.97. The van der Waals surface area contributed by atoms with E-state index in [4.69, 9.17) is 10.9 Å². The topological polar surface area (TPSA) is 135 Å². The molecule has 9 nitrogen and oxygen atoms in total. The number of hydrogen-bond donors (Lipinski definition) is 3. The highest BCUT2D eigenvalue weighted by molar-refractivity contribution is 7.92. The fourth-order valence-electron chi connectivity index (χ4n) is 3.20. The van der Waals surface area contributed by atoms with E-state index < -0.39 is 20.5 Å². The minimum atomic E-state index is -3.82. The number of hydroxylamine groups is 1. The SMILES string of the molecule is C[C@@](CCN1Cc2cc(C#CC#CC3(CN)CC3)cn2C1=O)(C(=O)NO)S(C)(=O)=O. The Labute approximate surface area is 175 Å². The molecular weight excluding hydrogens is 408 g/mol. The summed E-state index contributed by atoms with van der Waals surface area (Å²) in [6.07, 6.45) is 4.38. The van der Waals surface area contributed by atoms with Gasteiger partial charge in [-0.05, 0) is 44.1 Å². The Morgan fingerprint density at radius 1 is 1.40 bits per heavy atom. The first-order valence-electron chi connectivity index (χ1n) is 9.43. The van der Waals surface area contributed by atoms with Crippen LogP contribution in [-0.4, -0.2) is 59.1 Å². The molecule has 3 rings (SSSR count). The Bertz CT molecular complexity index is 1110. The van der Waals surface area contributed by atoms with Gasteiger partial charge in [-0.25, -0.2) is 18.7 Å². The maximum absolute atomic E-state index is 12.6. The molecule has 0 radical (unpaired) electrons. The van der Waals surface area contributed by atoms with Gasteiger partial charge in [0.2, 0.25) is 0 Å². The summed E-state index contributed by atoms with van der Waals surface area (Å²) >= 11 is 0. The second-order valence-corrected chi connectivity index (χ2v) is 10.4. The molecule has 2 aliphatic rings. The normalized spacial score (nSPS) is 18.4. The van der Waals surface area contributed by atoms with Crippen LogP contribution < -0.4 is 11.2 Å². The molecule has 0 aromatic carbocycles. The zero-order chi connectivity index (χ0) is 22.2. The van der Waals surface area contributed by atoms with Crippen molar-refractivity contribution >= 4 is 21.8 Å². The lowest BCUT2D eigenvalue weighted by atomic mass is 10.1. The van der Waals surface area contributed by atoms with Crippen LogP contribution in [0.3, 0.4) is 0 Å². The third-order valence-electron chi connectivity index (χ3n) is 5.83. The minimum Gasteiger partial charge on any atom is -0.329 e. The maximum atomic E-state index is 12.6. The van der Waals surface area contributed by atoms with Crippen molar-refractivity contribution in [2.75, 3.05) is 19.3 Å². The van der Waals surface area contributed by atoms with Gasteiger partial charge in [0.25, 0.3) is 5.91 Å². The number of nitrogens with two attached hydrogens (primary N) is 1. The number of nitrogens with zero attached hydrogens (tertiary/aromatic N) is 2. The summed E-state index contributed by atoms with van der Waals surface area (Å²) in [7, 11) is -3.82. The molecule has 10 heteroatoms. The van der Waals surface area contributed by atoms with Gasteiger partial charge in [0.05, 0.1) is 6.54 Å². The molecule has 0 bridgehead atoms. The molecule has 4 N–H and O–H groups in total. The summed E-state index contributed by atoms with van der Waals surface area (Å²) in [5.74, 6) is 10.6. The summed E-state index contributed by atoms with van der Waals surface area (Å²) in [5, 5.41) is 8.89. The fourth-order valence-corrected chi connectivity index (χ4v) is 4.04. The van der Waals surface area contributed by atoms with E-state index in [1.165, 1.54) is 21.9 Å². The molecule has 1 aliphatic carbocycles. The Hall–Kier alpha value is -2.79. The molecular formula is C20H24N4O5S. The molecule has 1 aromatic heterocycles. The summed E-state index contributed by atoms with van der Waals surface area (Å²) in [6, 6.07) is 1.45. The van der Waals surface area contributed by atoms with Crippen molar-refractivity contribution in [2.45, 2.75) is 37.5 Å². The van der Waals surface area contributed by atoms with E-state index in [1.54, 1.807) is 12.3 Å².